The minimum absolute atomic E-state index is 0. The summed E-state index contributed by atoms with van der Waals surface area (Å²) >= 11 is 0. The average molecular weight is 374 g/mol. The summed E-state index contributed by atoms with van der Waals surface area (Å²) in [5.41, 5.74) is 1.61. The van der Waals surface area contributed by atoms with Gasteiger partial charge in [-0.25, -0.2) is 0 Å². The molecule has 2 unspecified atom stereocenters. The first-order chi connectivity index (χ1) is 9.43. The summed E-state index contributed by atoms with van der Waals surface area (Å²) in [6.45, 7) is 3.56. The van der Waals surface area contributed by atoms with Crippen LogP contribution < -0.4 is 20.4 Å². The molecule has 0 radical (unpaired) electrons. The van der Waals surface area contributed by atoms with E-state index < -0.39 is 16.1 Å². The number of rotatable bonds is 2. The Balaban J connectivity index is 0.000000364. The fourth-order valence-electron chi connectivity index (χ4n) is 1.54. The van der Waals surface area contributed by atoms with Gasteiger partial charge in [-0.2, -0.15) is 0 Å². The van der Waals surface area contributed by atoms with Gasteiger partial charge >= 0.3 is 35.5 Å². The summed E-state index contributed by atoms with van der Waals surface area (Å²) in [6, 6.07) is 13.8. The molecule has 7 heteroatoms. The molecule has 0 amide bonds. The predicted octanol–water partition coefficient (Wildman–Crippen LogP) is 1.44. The molecular weight excluding hydrogens is 359 g/mol. The van der Waals surface area contributed by atoms with Gasteiger partial charge in [0.25, 0.3) is 0 Å². The topological polar surface area (TPSA) is 80.3 Å². The Morgan fingerprint density at radius 1 is 0.714 bits per heavy atom. The van der Waals surface area contributed by atoms with Crippen molar-refractivity contribution in [2.75, 3.05) is 0 Å². The van der Waals surface area contributed by atoms with Crippen LogP contribution in [0, 0.1) is 13.8 Å². The van der Waals surface area contributed by atoms with Gasteiger partial charge in [-0.05, 0) is 26.0 Å². The molecule has 2 aromatic carbocycles. The SMILES string of the molecule is Cc1ccccc1[P+](=O)[O-].Cc1ccccc1[P+](=O)[O-].[Zn+2]. The zero-order valence-corrected chi connectivity index (χ0v) is 16.6. The van der Waals surface area contributed by atoms with Crippen LogP contribution in [0.25, 0.3) is 0 Å². The van der Waals surface area contributed by atoms with Crippen LogP contribution in [0.1, 0.15) is 11.1 Å². The fourth-order valence-corrected chi connectivity index (χ4v) is 2.68. The Morgan fingerprint density at radius 2 is 1.00 bits per heavy atom. The van der Waals surface area contributed by atoms with Gasteiger partial charge in [-0.15, -0.1) is 0 Å². The summed E-state index contributed by atoms with van der Waals surface area (Å²) in [7, 11) is -4.83. The molecule has 104 valence electrons. The molecule has 0 saturated carbocycles. The van der Waals surface area contributed by atoms with E-state index in [0.717, 1.165) is 11.1 Å². The molecule has 2 aromatic rings. The normalized spacial score (nSPS) is 10.7. The van der Waals surface area contributed by atoms with Crippen LogP contribution in [0.3, 0.4) is 0 Å². The standard InChI is InChI=1S/2C7H7O2P.Zn/c2*1-6-4-2-3-5-7(6)10(8)9;/h2*2-5H,1H3;/q;;+2. The number of hydrogen-bond donors (Lipinski definition) is 0. The first-order valence-corrected chi connectivity index (χ1v) is 8.19. The summed E-state index contributed by atoms with van der Waals surface area (Å²) < 4.78 is 20.9. The van der Waals surface area contributed by atoms with Crippen LogP contribution in [0.4, 0.5) is 0 Å². The Labute approximate surface area is 138 Å². The van der Waals surface area contributed by atoms with Crippen molar-refractivity contribution in [1.82, 2.24) is 0 Å². The second-order valence-electron chi connectivity index (χ2n) is 4.09. The molecular formula is C14H14O4P2Zn+2. The Hall–Kier alpha value is -0.817. The fraction of sp³-hybridized carbons (Fsp3) is 0.143. The molecule has 0 aliphatic rings. The van der Waals surface area contributed by atoms with Gasteiger partial charge < -0.3 is 9.79 Å². The average Bonchev–Trinajstić information content (AvgIpc) is 2.40. The molecule has 0 saturated heterocycles. The summed E-state index contributed by atoms with van der Waals surface area (Å²) in [5, 5.41) is 0.829. The first kappa shape index (κ1) is 20.2. The Kier molecular flexibility index (Phi) is 9.61. The van der Waals surface area contributed by atoms with E-state index in [-0.39, 0.29) is 19.5 Å². The van der Waals surface area contributed by atoms with E-state index in [1.54, 1.807) is 50.2 Å². The van der Waals surface area contributed by atoms with Crippen LogP contribution in [0.15, 0.2) is 48.5 Å². The summed E-state index contributed by atoms with van der Waals surface area (Å²) in [5.74, 6) is 0. The third kappa shape index (κ3) is 6.65. The predicted molar refractivity (Wildman–Crippen MR) is 76.8 cm³/mol. The maximum atomic E-state index is 10.5. The van der Waals surface area contributed by atoms with Crippen LogP contribution in [-0.2, 0) is 28.6 Å². The van der Waals surface area contributed by atoms with Gasteiger partial charge in [0.15, 0.2) is 10.6 Å². The number of aryl methyl sites for hydroxylation is 2. The van der Waals surface area contributed by atoms with Crippen molar-refractivity contribution in [3.63, 3.8) is 0 Å². The first-order valence-electron chi connectivity index (χ1n) is 5.83. The molecule has 0 aliphatic carbocycles. The van der Waals surface area contributed by atoms with Gasteiger partial charge in [0, 0.05) is 11.1 Å². The quantitative estimate of drug-likeness (QED) is 0.589. The van der Waals surface area contributed by atoms with Gasteiger partial charge in [0.05, 0.1) is 0 Å². The smallest absolute Gasteiger partial charge is 0.591 e. The second kappa shape index (κ2) is 10.0. The molecule has 0 aromatic heterocycles. The van der Waals surface area contributed by atoms with E-state index in [9.17, 15) is 18.9 Å². The molecule has 0 bridgehead atoms. The van der Waals surface area contributed by atoms with Crippen LogP contribution in [0.2, 0.25) is 0 Å². The van der Waals surface area contributed by atoms with Crippen molar-refractivity contribution >= 4 is 26.7 Å². The van der Waals surface area contributed by atoms with E-state index >= 15 is 0 Å². The Morgan fingerprint density at radius 3 is 1.19 bits per heavy atom. The van der Waals surface area contributed by atoms with E-state index in [1.165, 1.54) is 0 Å². The second-order valence-corrected chi connectivity index (χ2v) is 6.08. The molecule has 0 spiro atoms. The van der Waals surface area contributed by atoms with Gasteiger partial charge in [-0.3, -0.25) is 0 Å². The maximum absolute atomic E-state index is 10.5. The molecule has 2 rings (SSSR count). The minimum Gasteiger partial charge on any atom is -0.591 e. The maximum Gasteiger partial charge on any atom is 2.00 e. The van der Waals surface area contributed by atoms with Gasteiger partial charge in [0.2, 0.25) is 0 Å². The molecule has 0 aliphatic heterocycles. The number of benzene rings is 2. The third-order valence-electron chi connectivity index (χ3n) is 2.62. The summed E-state index contributed by atoms with van der Waals surface area (Å²) in [4.78, 5) is 20.9. The zero-order chi connectivity index (χ0) is 15.1. The van der Waals surface area contributed by atoms with E-state index in [2.05, 4.69) is 0 Å². The molecule has 0 fully saturated rings. The largest absolute Gasteiger partial charge is 2.00 e. The van der Waals surface area contributed by atoms with E-state index in [0.29, 0.717) is 10.6 Å². The van der Waals surface area contributed by atoms with E-state index in [1.807, 2.05) is 12.1 Å². The molecule has 4 nitrogen and oxygen atoms in total. The number of hydrogen-bond acceptors (Lipinski definition) is 4. The third-order valence-corrected chi connectivity index (χ3v) is 4.41. The molecule has 0 N–H and O–H groups in total. The van der Waals surface area contributed by atoms with Gasteiger partial charge in [0.1, 0.15) is 0 Å². The van der Waals surface area contributed by atoms with Crippen LogP contribution in [0.5, 0.6) is 0 Å². The van der Waals surface area contributed by atoms with Crippen molar-refractivity contribution < 1.29 is 38.4 Å². The Bertz CT molecular complexity index is 576. The van der Waals surface area contributed by atoms with Crippen molar-refractivity contribution in [2.45, 2.75) is 13.8 Å². The van der Waals surface area contributed by atoms with Crippen molar-refractivity contribution in [3.05, 3.63) is 59.7 Å². The van der Waals surface area contributed by atoms with E-state index in [4.69, 9.17) is 0 Å². The van der Waals surface area contributed by atoms with Gasteiger partial charge in [-0.1, -0.05) is 45.5 Å². The monoisotopic (exact) mass is 372 g/mol. The van der Waals surface area contributed by atoms with Crippen molar-refractivity contribution in [2.24, 2.45) is 0 Å². The molecule has 0 heterocycles. The summed E-state index contributed by atoms with van der Waals surface area (Å²) in [6.07, 6.45) is 0. The van der Waals surface area contributed by atoms with Crippen LogP contribution >= 0.6 is 16.1 Å². The minimum atomic E-state index is -2.42. The van der Waals surface area contributed by atoms with Crippen molar-refractivity contribution in [1.29, 1.82) is 0 Å². The molecule has 2 atom stereocenters. The molecule has 21 heavy (non-hydrogen) atoms. The van der Waals surface area contributed by atoms with Crippen LogP contribution in [-0.4, -0.2) is 0 Å². The zero-order valence-electron chi connectivity index (χ0n) is 11.9. The van der Waals surface area contributed by atoms with Crippen molar-refractivity contribution in [3.8, 4) is 0 Å².